The van der Waals surface area contributed by atoms with Crippen molar-refractivity contribution in [2.24, 2.45) is 0 Å². The second-order valence-corrected chi connectivity index (χ2v) is 8.20. The van der Waals surface area contributed by atoms with Gasteiger partial charge in [0.15, 0.2) is 21.5 Å². The van der Waals surface area contributed by atoms with E-state index in [9.17, 15) is 10.2 Å². The van der Waals surface area contributed by atoms with Gasteiger partial charge >= 0.3 is 0 Å². The number of aromatic nitrogens is 4. The quantitative estimate of drug-likeness (QED) is 0.461. The van der Waals surface area contributed by atoms with Crippen molar-refractivity contribution in [1.82, 2.24) is 19.5 Å². The monoisotopic (exact) mass is 451 g/mol. The van der Waals surface area contributed by atoms with Gasteiger partial charge in [0.2, 0.25) is 0 Å². The fourth-order valence-electron chi connectivity index (χ4n) is 2.48. The smallest absolute Gasteiger partial charge is 0.194 e. The molecule has 0 aromatic carbocycles. The van der Waals surface area contributed by atoms with Gasteiger partial charge in [-0.1, -0.05) is 13.8 Å². The summed E-state index contributed by atoms with van der Waals surface area (Å²) in [6.45, 7) is 4.15. The van der Waals surface area contributed by atoms with Crippen LogP contribution in [0, 0.1) is 3.83 Å². The molecule has 1 fully saturated rings. The number of nitrogens with zero attached hydrogens (tertiary/aromatic N) is 4. The van der Waals surface area contributed by atoms with E-state index in [1.165, 1.54) is 6.33 Å². The first-order valence-corrected chi connectivity index (χ1v) is 9.30. The Bertz CT molecular complexity index is 712. The second-order valence-electron chi connectivity index (χ2n) is 5.63. The third kappa shape index (κ3) is 3.27. The zero-order valence-electron chi connectivity index (χ0n) is 12.6. The Morgan fingerprint density at radius 1 is 1.39 bits per heavy atom. The maximum absolute atomic E-state index is 10.4. The molecule has 2 aromatic rings. The number of ether oxygens (including phenoxy) is 1. The molecule has 4 atom stereocenters. The number of hydrogen-bond acceptors (Lipinski definition) is 8. The van der Waals surface area contributed by atoms with Crippen LogP contribution in [0.25, 0.3) is 11.2 Å². The molecule has 1 aliphatic rings. The van der Waals surface area contributed by atoms with E-state index in [2.05, 4.69) is 28.8 Å². The average molecular weight is 451 g/mol. The topological polar surface area (TPSA) is 119 Å². The Morgan fingerprint density at radius 2 is 2.13 bits per heavy atom. The van der Waals surface area contributed by atoms with E-state index < -0.39 is 24.5 Å². The molecule has 0 radical (unpaired) electrons. The first-order valence-electron chi connectivity index (χ1n) is 7.17. The maximum atomic E-state index is 10.4. The van der Waals surface area contributed by atoms with Gasteiger partial charge in [0, 0.05) is 28.3 Å². The third-order valence-electron chi connectivity index (χ3n) is 3.63. The van der Waals surface area contributed by atoms with Crippen LogP contribution in [0.4, 0.5) is 5.82 Å². The Hall–Kier alpha value is -0.690. The van der Waals surface area contributed by atoms with Crippen LogP contribution in [0.15, 0.2) is 6.33 Å². The number of fused-ring (bicyclic) bond motifs is 1. The molecule has 1 aliphatic heterocycles. The van der Waals surface area contributed by atoms with Gasteiger partial charge in [-0.15, -0.1) is 0 Å². The van der Waals surface area contributed by atoms with Crippen LogP contribution >= 0.6 is 34.4 Å². The van der Waals surface area contributed by atoms with Crippen molar-refractivity contribution in [1.29, 1.82) is 0 Å². The van der Waals surface area contributed by atoms with Crippen molar-refractivity contribution in [3.05, 3.63) is 10.2 Å². The molecule has 1 unspecified atom stereocenters. The molecule has 0 bridgehead atoms. The maximum Gasteiger partial charge on any atom is 0.194 e. The van der Waals surface area contributed by atoms with Gasteiger partial charge in [0.1, 0.15) is 17.7 Å². The minimum Gasteiger partial charge on any atom is -0.387 e. The molecular formula is C13H18IN5O3S. The number of aliphatic hydroxyl groups excluding tert-OH is 2. The lowest BCUT2D eigenvalue weighted by molar-refractivity contribution is -0.0289. The molecule has 126 valence electrons. The summed E-state index contributed by atoms with van der Waals surface area (Å²) in [5, 5.41) is 21.0. The fourth-order valence-corrected chi connectivity index (χ4v) is 3.82. The molecule has 23 heavy (non-hydrogen) atoms. The van der Waals surface area contributed by atoms with E-state index in [0.717, 1.165) is 0 Å². The number of nitrogens with two attached hydrogens (primary N) is 1. The normalized spacial score (nSPS) is 28.1. The molecule has 0 amide bonds. The van der Waals surface area contributed by atoms with Crippen molar-refractivity contribution >= 4 is 51.3 Å². The average Bonchev–Trinajstić information content (AvgIpc) is 3.00. The predicted molar refractivity (Wildman–Crippen MR) is 96.0 cm³/mol. The Balaban J connectivity index is 1.90. The van der Waals surface area contributed by atoms with Gasteiger partial charge in [-0.3, -0.25) is 4.57 Å². The molecule has 1 saturated heterocycles. The first-order chi connectivity index (χ1) is 10.9. The highest BCUT2D eigenvalue weighted by Gasteiger charge is 2.44. The highest BCUT2D eigenvalue weighted by atomic mass is 127. The van der Waals surface area contributed by atoms with E-state index in [-0.39, 0.29) is 5.82 Å². The summed E-state index contributed by atoms with van der Waals surface area (Å²) in [5.74, 6) is 0.881. The minimum atomic E-state index is -1.06. The van der Waals surface area contributed by atoms with Crippen molar-refractivity contribution in [3.63, 3.8) is 0 Å². The Labute approximate surface area is 151 Å². The van der Waals surface area contributed by atoms with Crippen molar-refractivity contribution in [2.45, 2.75) is 43.6 Å². The largest absolute Gasteiger partial charge is 0.387 e. The lowest BCUT2D eigenvalue weighted by Crippen LogP contribution is -2.32. The summed E-state index contributed by atoms with van der Waals surface area (Å²) in [6, 6.07) is 0. The number of nitrogen functional groups attached to an aromatic ring is 1. The van der Waals surface area contributed by atoms with Gasteiger partial charge in [0.25, 0.3) is 0 Å². The summed E-state index contributed by atoms with van der Waals surface area (Å²) in [6.07, 6.45) is -1.71. The standard InChI is InChI=1S/C13H18IN5O3S/c1-5(2)23-3-6-8(20)9(21)12(22-6)19-4-16-7-10(15)17-13(14)18-11(7)19/h4-6,8-9,12,20-21H,3H2,1-2H3,(H2,15,17,18)/t6-,8+,9?,12-/m1/s1. The number of halogens is 1. The van der Waals surface area contributed by atoms with Crippen molar-refractivity contribution in [3.8, 4) is 0 Å². The van der Waals surface area contributed by atoms with E-state index in [1.807, 2.05) is 22.6 Å². The van der Waals surface area contributed by atoms with Crippen molar-refractivity contribution in [2.75, 3.05) is 11.5 Å². The molecule has 4 N–H and O–H groups in total. The Morgan fingerprint density at radius 3 is 2.83 bits per heavy atom. The van der Waals surface area contributed by atoms with Gasteiger partial charge < -0.3 is 20.7 Å². The van der Waals surface area contributed by atoms with Crippen LogP contribution in [-0.4, -0.2) is 59.0 Å². The molecule has 10 heteroatoms. The van der Waals surface area contributed by atoms with E-state index in [4.69, 9.17) is 10.5 Å². The van der Waals surface area contributed by atoms with Crippen LogP contribution < -0.4 is 5.73 Å². The molecule has 0 aliphatic carbocycles. The number of aliphatic hydroxyl groups is 2. The molecule has 3 heterocycles. The minimum absolute atomic E-state index is 0.276. The molecular weight excluding hydrogens is 433 g/mol. The molecule has 3 rings (SSSR count). The molecule has 2 aromatic heterocycles. The molecule has 0 saturated carbocycles. The second kappa shape index (κ2) is 6.67. The summed E-state index contributed by atoms with van der Waals surface area (Å²) in [5.41, 5.74) is 6.79. The number of anilines is 1. The zero-order valence-corrected chi connectivity index (χ0v) is 15.6. The van der Waals surface area contributed by atoms with Crippen LogP contribution in [0.3, 0.4) is 0 Å². The van der Waals surface area contributed by atoms with Gasteiger partial charge in [-0.05, 0) is 5.25 Å². The molecule has 0 spiro atoms. The summed E-state index contributed by atoms with van der Waals surface area (Å²) < 4.78 is 7.95. The van der Waals surface area contributed by atoms with Gasteiger partial charge in [-0.2, -0.15) is 11.8 Å². The predicted octanol–water partition coefficient (Wildman–Crippen LogP) is 0.774. The van der Waals surface area contributed by atoms with Gasteiger partial charge in [0.05, 0.1) is 12.4 Å². The number of rotatable bonds is 4. The third-order valence-corrected chi connectivity index (χ3v) is 5.30. The van der Waals surface area contributed by atoms with E-state index in [1.54, 1.807) is 16.3 Å². The highest BCUT2D eigenvalue weighted by molar-refractivity contribution is 14.1. The van der Waals surface area contributed by atoms with E-state index >= 15 is 0 Å². The summed E-state index contributed by atoms with van der Waals surface area (Å²) in [7, 11) is 0. The van der Waals surface area contributed by atoms with Gasteiger partial charge in [-0.25, -0.2) is 15.0 Å². The summed E-state index contributed by atoms with van der Waals surface area (Å²) in [4.78, 5) is 12.6. The van der Waals surface area contributed by atoms with Crippen LogP contribution in [0.1, 0.15) is 20.1 Å². The summed E-state index contributed by atoms with van der Waals surface area (Å²) >= 11 is 3.64. The number of hydrogen-bond donors (Lipinski definition) is 3. The molecule has 8 nitrogen and oxygen atoms in total. The van der Waals surface area contributed by atoms with Crippen molar-refractivity contribution < 1.29 is 14.9 Å². The Kier molecular flexibility index (Phi) is 4.97. The lowest BCUT2D eigenvalue weighted by atomic mass is 10.1. The van der Waals surface area contributed by atoms with Crippen LogP contribution in [0.5, 0.6) is 0 Å². The first kappa shape index (κ1) is 17.1. The van der Waals surface area contributed by atoms with Crippen LogP contribution in [-0.2, 0) is 4.74 Å². The number of thioether (sulfide) groups is 1. The number of imidazole rings is 1. The van der Waals surface area contributed by atoms with E-state index in [0.29, 0.717) is 26.0 Å². The SMILES string of the molecule is CC(C)SC[C@H]1O[C@@H](n2cnc3c(N)nc(I)nc32)C(O)[C@H]1O. The zero-order chi connectivity index (χ0) is 16.7. The fraction of sp³-hybridized carbons (Fsp3) is 0.615. The van der Waals surface area contributed by atoms with Crippen LogP contribution in [0.2, 0.25) is 0 Å². The highest BCUT2D eigenvalue weighted by Crippen LogP contribution is 2.34. The lowest BCUT2D eigenvalue weighted by Gasteiger charge is -2.16.